The summed E-state index contributed by atoms with van der Waals surface area (Å²) in [5.41, 5.74) is 0.265. The molecule has 1 amide bonds. The van der Waals surface area contributed by atoms with Crippen molar-refractivity contribution in [3.8, 4) is 0 Å². The van der Waals surface area contributed by atoms with Gasteiger partial charge in [0.25, 0.3) is 0 Å². The van der Waals surface area contributed by atoms with Gasteiger partial charge in [0.15, 0.2) is 5.96 Å². The molecule has 0 unspecified atom stereocenters. The van der Waals surface area contributed by atoms with Crippen LogP contribution in [0.15, 0.2) is 35.3 Å². The molecule has 3 N–H and O–H groups in total. The molecular formula is C20H30N4O2. The Labute approximate surface area is 155 Å². The summed E-state index contributed by atoms with van der Waals surface area (Å²) in [6.45, 7) is 0.149. The second kappa shape index (κ2) is 8.08. The molecule has 0 radical (unpaired) electrons. The van der Waals surface area contributed by atoms with Crippen molar-refractivity contribution in [2.75, 3.05) is 20.6 Å². The average Bonchev–Trinajstić information content (AvgIpc) is 3.46. The molecule has 1 aromatic rings. The van der Waals surface area contributed by atoms with Crippen LogP contribution in [0.5, 0.6) is 0 Å². The molecule has 2 fully saturated rings. The molecule has 0 heterocycles. The minimum atomic E-state index is -0.735. The van der Waals surface area contributed by atoms with E-state index in [0.717, 1.165) is 50.0 Å². The molecule has 0 aromatic heterocycles. The van der Waals surface area contributed by atoms with Gasteiger partial charge in [0.1, 0.15) is 6.54 Å². The molecule has 6 heteroatoms. The minimum Gasteiger partial charge on any atom is -0.385 e. The lowest BCUT2D eigenvalue weighted by Gasteiger charge is -2.37. The van der Waals surface area contributed by atoms with E-state index >= 15 is 0 Å². The van der Waals surface area contributed by atoms with Crippen LogP contribution >= 0.6 is 0 Å². The highest BCUT2D eigenvalue weighted by Gasteiger charge is 2.35. The number of rotatable bonds is 5. The van der Waals surface area contributed by atoms with E-state index in [0.29, 0.717) is 6.04 Å². The van der Waals surface area contributed by atoms with Crippen LogP contribution in [0.4, 0.5) is 0 Å². The lowest BCUT2D eigenvalue weighted by Crippen LogP contribution is -2.48. The van der Waals surface area contributed by atoms with Crippen molar-refractivity contribution >= 4 is 11.9 Å². The van der Waals surface area contributed by atoms with Crippen LogP contribution in [0, 0.1) is 0 Å². The number of likely N-dealkylation sites (N-methyl/N-ethyl adjacent to an activating group) is 1. The summed E-state index contributed by atoms with van der Waals surface area (Å²) in [4.78, 5) is 17.8. The highest BCUT2D eigenvalue weighted by molar-refractivity contribution is 5.85. The second-order valence-electron chi connectivity index (χ2n) is 7.69. The van der Waals surface area contributed by atoms with Crippen molar-refractivity contribution in [3.05, 3.63) is 35.9 Å². The summed E-state index contributed by atoms with van der Waals surface area (Å²) in [5.74, 6) is 0.710. The van der Waals surface area contributed by atoms with Gasteiger partial charge in [0, 0.05) is 26.2 Å². The molecule has 0 aliphatic heterocycles. The summed E-state index contributed by atoms with van der Waals surface area (Å²) in [7, 11) is 3.48. The van der Waals surface area contributed by atoms with Crippen LogP contribution in [0.25, 0.3) is 0 Å². The molecule has 3 rings (SSSR count). The predicted octanol–water partition coefficient (Wildman–Crippen LogP) is 1.60. The van der Waals surface area contributed by atoms with E-state index in [1.165, 1.54) is 0 Å². The second-order valence-corrected chi connectivity index (χ2v) is 7.69. The first-order valence-electron chi connectivity index (χ1n) is 9.52. The van der Waals surface area contributed by atoms with Crippen LogP contribution in [0.2, 0.25) is 0 Å². The van der Waals surface area contributed by atoms with Crippen LogP contribution in [0.1, 0.15) is 44.1 Å². The quantitative estimate of drug-likeness (QED) is 0.552. The maximum absolute atomic E-state index is 11.8. The highest BCUT2D eigenvalue weighted by atomic mass is 16.3. The van der Waals surface area contributed by atoms with Gasteiger partial charge in [-0.05, 0) is 44.1 Å². The Morgan fingerprint density at radius 1 is 1.12 bits per heavy atom. The van der Waals surface area contributed by atoms with Crippen molar-refractivity contribution in [2.24, 2.45) is 4.99 Å². The molecule has 1 aromatic carbocycles. The monoisotopic (exact) mass is 358 g/mol. The predicted molar refractivity (Wildman–Crippen MR) is 103 cm³/mol. The number of benzene rings is 1. The van der Waals surface area contributed by atoms with E-state index in [2.05, 4.69) is 15.6 Å². The first kappa shape index (κ1) is 18.7. The summed E-state index contributed by atoms with van der Waals surface area (Å²) < 4.78 is 0. The lowest BCUT2D eigenvalue weighted by molar-refractivity contribution is -0.127. The number of guanidine groups is 1. The minimum absolute atomic E-state index is 0.0102. The molecule has 2 saturated carbocycles. The Balaban J connectivity index is 1.56. The maximum atomic E-state index is 11.8. The molecule has 0 spiro atoms. The third-order valence-corrected chi connectivity index (χ3v) is 5.25. The molecular weight excluding hydrogens is 328 g/mol. The van der Waals surface area contributed by atoms with Crippen molar-refractivity contribution in [1.82, 2.24) is 15.5 Å². The molecule has 0 saturated heterocycles. The Morgan fingerprint density at radius 2 is 1.69 bits per heavy atom. The average molecular weight is 358 g/mol. The van der Waals surface area contributed by atoms with Gasteiger partial charge in [-0.25, -0.2) is 4.99 Å². The molecule has 142 valence electrons. The fourth-order valence-corrected chi connectivity index (χ4v) is 3.31. The van der Waals surface area contributed by atoms with Gasteiger partial charge < -0.3 is 20.6 Å². The van der Waals surface area contributed by atoms with Crippen LogP contribution in [-0.2, 0) is 10.4 Å². The van der Waals surface area contributed by atoms with Crippen molar-refractivity contribution in [3.63, 3.8) is 0 Å². The van der Waals surface area contributed by atoms with Crippen LogP contribution < -0.4 is 10.6 Å². The number of aliphatic hydroxyl groups is 1. The normalized spacial score (nSPS) is 26.3. The molecule has 26 heavy (non-hydrogen) atoms. The maximum Gasteiger partial charge on any atom is 0.243 e. The standard InChI is InChI=1S/C20H30N4O2/c1-24(2)18(25)14-21-19(22-16-8-9-16)23-17-10-12-20(26,13-11-17)15-6-4-3-5-7-15/h3-7,16-17,26H,8-14H2,1-2H3,(H2,21,22,23). The Kier molecular flexibility index (Phi) is 5.81. The van der Waals surface area contributed by atoms with E-state index in [1.807, 2.05) is 30.3 Å². The first-order valence-corrected chi connectivity index (χ1v) is 9.52. The van der Waals surface area contributed by atoms with Crippen molar-refractivity contribution in [2.45, 2.75) is 56.2 Å². The van der Waals surface area contributed by atoms with Crippen LogP contribution in [0.3, 0.4) is 0 Å². The fourth-order valence-electron chi connectivity index (χ4n) is 3.31. The third kappa shape index (κ3) is 4.97. The van der Waals surface area contributed by atoms with Gasteiger partial charge >= 0.3 is 0 Å². The topological polar surface area (TPSA) is 77.0 Å². The zero-order chi connectivity index (χ0) is 18.6. The number of hydrogen-bond donors (Lipinski definition) is 3. The summed E-state index contributed by atoms with van der Waals surface area (Å²) in [6, 6.07) is 10.7. The SMILES string of the molecule is CN(C)C(=O)CN=C(NC1CC1)NC1CCC(O)(c2ccccc2)CC1. The van der Waals surface area contributed by atoms with Gasteiger partial charge in [0.2, 0.25) is 5.91 Å². The number of aliphatic imine (C=N–C) groups is 1. The summed E-state index contributed by atoms with van der Waals surface area (Å²) >= 11 is 0. The molecule has 0 bridgehead atoms. The van der Waals surface area contributed by atoms with E-state index < -0.39 is 5.60 Å². The molecule has 0 atom stereocenters. The summed E-state index contributed by atoms with van der Waals surface area (Å²) in [5, 5.41) is 17.8. The zero-order valence-electron chi connectivity index (χ0n) is 15.7. The van der Waals surface area contributed by atoms with E-state index in [9.17, 15) is 9.90 Å². The van der Waals surface area contributed by atoms with Crippen molar-refractivity contribution < 1.29 is 9.90 Å². The smallest absolute Gasteiger partial charge is 0.243 e. The lowest BCUT2D eigenvalue weighted by atomic mass is 9.78. The van der Waals surface area contributed by atoms with Crippen LogP contribution in [-0.4, -0.2) is 54.6 Å². The molecule has 2 aliphatic carbocycles. The van der Waals surface area contributed by atoms with Gasteiger partial charge in [-0.2, -0.15) is 0 Å². The number of carbonyl (C=O) groups excluding carboxylic acids is 1. The largest absolute Gasteiger partial charge is 0.385 e. The Bertz CT molecular complexity index is 632. The number of amides is 1. The van der Waals surface area contributed by atoms with Gasteiger partial charge in [0.05, 0.1) is 5.60 Å². The van der Waals surface area contributed by atoms with Gasteiger partial charge in [-0.3, -0.25) is 4.79 Å². The van der Waals surface area contributed by atoms with Gasteiger partial charge in [-0.1, -0.05) is 30.3 Å². The third-order valence-electron chi connectivity index (χ3n) is 5.25. The molecule has 6 nitrogen and oxygen atoms in total. The zero-order valence-corrected chi connectivity index (χ0v) is 15.7. The van der Waals surface area contributed by atoms with E-state index in [4.69, 9.17) is 0 Å². The van der Waals surface area contributed by atoms with Crippen molar-refractivity contribution in [1.29, 1.82) is 0 Å². The number of carbonyl (C=O) groups is 1. The summed E-state index contributed by atoms with van der Waals surface area (Å²) in [6.07, 6.45) is 5.50. The van der Waals surface area contributed by atoms with Gasteiger partial charge in [-0.15, -0.1) is 0 Å². The number of hydrogen-bond acceptors (Lipinski definition) is 3. The fraction of sp³-hybridized carbons (Fsp3) is 0.600. The first-order chi connectivity index (χ1) is 12.5. The Morgan fingerprint density at radius 3 is 2.23 bits per heavy atom. The number of nitrogens with zero attached hydrogens (tertiary/aromatic N) is 2. The molecule has 2 aliphatic rings. The Hall–Kier alpha value is -2.08. The number of nitrogens with one attached hydrogen (secondary N) is 2. The van der Waals surface area contributed by atoms with E-state index in [1.54, 1.807) is 19.0 Å². The van der Waals surface area contributed by atoms with E-state index in [-0.39, 0.29) is 18.5 Å². The highest BCUT2D eigenvalue weighted by Crippen LogP contribution is 2.36.